The molecule has 2 fully saturated rings. The minimum atomic E-state index is 0.141. The zero-order valence-electron chi connectivity index (χ0n) is 10.7. The van der Waals surface area contributed by atoms with E-state index >= 15 is 0 Å². The lowest BCUT2D eigenvalue weighted by atomic mass is 9.93. The summed E-state index contributed by atoms with van der Waals surface area (Å²) in [7, 11) is 0. The molecule has 0 saturated carbocycles. The molecule has 2 aliphatic heterocycles. The molecule has 19 heavy (non-hydrogen) atoms. The van der Waals surface area contributed by atoms with Crippen LogP contribution in [0.25, 0.3) is 0 Å². The second-order valence-electron chi connectivity index (χ2n) is 5.25. The van der Waals surface area contributed by atoms with E-state index in [0.29, 0.717) is 10.3 Å². The number of thioether (sulfide) groups is 2. The highest BCUT2D eigenvalue weighted by molar-refractivity contribution is 8.00. The molecule has 0 aromatic heterocycles. The van der Waals surface area contributed by atoms with Crippen LogP contribution in [-0.4, -0.2) is 29.0 Å². The second-order valence-corrected chi connectivity index (χ2v) is 8.13. The number of nitrogen functional groups attached to an aromatic ring is 1. The molecular weight excluding hydrogens is 298 g/mol. The van der Waals surface area contributed by atoms with Gasteiger partial charge in [0.05, 0.1) is 5.60 Å². The number of hydrogen-bond acceptors (Lipinski definition) is 4. The van der Waals surface area contributed by atoms with E-state index in [2.05, 4.69) is 0 Å². The molecule has 104 valence electrons. The minimum Gasteiger partial charge on any atom is -0.398 e. The van der Waals surface area contributed by atoms with Crippen molar-refractivity contribution in [1.82, 2.24) is 0 Å². The Morgan fingerprint density at radius 2 is 2.37 bits per heavy atom. The zero-order valence-corrected chi connectivity index (χ0v) is 13.1. The molecule has 2 nitrogen and oxygen atoms in total. The van der Waals surface area contributed by atoms with Crippen molar-refractivity contribution >= 4 is 40.8 Å². The Balaban J connectivity index is 1.69. The van der Waals surface area contributed by atoms with E-state index in [9.17, 15) is 0 Å². The fraction of sp³-hybridized carbons (Fsp3) is 0.571. The van der Waals surface area contributed by atoms with Crippen molar-refractivity contribution in [3.63, 3.8) is 0 Å². The Bertz CT molecular complexity index is 463. The number of rotatable bonds is 2. The van der Waals surface area contributed by atoms with Crippen LogP contribution in [0.2, 0.25) is 5.02 Å². The second kappa shape index (κ2) is 5.76. The third-order valence-corrected chi connectivity index (χ3v) is 6.60. The van der Waals surface area contributed by atoms with Crippen LogP contribution in [0.5, 0.6) is 0 Å². The number of ether oxygens (including phenoxy) is 1. The molecule has 2 heterocycles. The summed E-state index contributed by atoms with van der Waals surface area (Å²) in [4.78, 5) is 1.15. The standard InChI is InChI=1S/C14H18ClNOS2/c15-10-1-2-13(12(16)7-10)19-11-3-5-17-14(8-11)4-6-18-9-14/h1-2,7,11H,3-6,8-9,16H2. The van der Waals surface area contributed by atoms with Gasteiger partial charge in [-0.2, -0.15) is 11.8 Å². The van der Waals surface area contributed by atoms with Gasteiger partial charge < -0.3 is 10.5 Å². The molecule has 2 saturated heterocycles. The van der Waals surface area contributed by atoms with E-state index in [4.69, 9.17) is 22.1 Å². The van der Waals surface area contributed by atoms with Crippen molar-refractivity contribution in [3.05, 3.63) is 23.2 Å². The lowest BCUT2D eigenvalue weighted by Crippen LogP contribution is -2.40. The first kappa shape index (κ1) is 13.9. The molecule has 0 amide bonds. The van der Waals surface area contributed by atoms with Gasteiger partial charge in [0.1, 0.15) is 0 Å². The monoisotopic (exact) mass is 315 g/mol. The molecule has 0 bridgehead atoms. The van der Waals surface area contributed by atoms with Crippen LogP contribution in [-0.2, 0) is 4.74 Å². The first-order valence-corrected chi connectivity index (χ1v) is 9.02. The van der Waals surface area contributed by atoms with Crippen molar-refractivity contribution in [2.45, 2.75) is 35.0 Å². The molecule has 2 atom stereocenters. The molecule has 0 aliphatic carbocycles. The molecule has 2 unspecified atom stereocenters. The van der Waals surface area contributed by atoms with Crippen LogP contribution >= 0.6 is 35.1 Å². The molecule has 0 radical (unpaired) electrons. The highest BCUT2D eigenvalue weighted by Gasteiger charge is 2.40. The van der Waals surface area contributed by atoms with Gasteiger partial charge in [-0.1, -0.05) is 11.6 Å². The summed E-state index contributed by atoms with van der Waals surface area (Å²) in [5.41, 5.74) is 6.97. The van der Waals surface area contributed by atoms with E-state index < -0.39 is 0 Å². The first-order chi connectivity index (χ1) is 9.17. The maximum absolute atomic E-state index is 6.06. The fourth-order valence-corrected chi connectivity index (χ4v) is 5.61. The predicted molar refractivity (Wildman–Crippen MR) is 85.4 cm³/mol. The Morgan fingerprint density at radius 3 is 3.11 bits per heavy atom. The van der Waals surface area contributed by atoms with Crippen molar-refractivity contribution < 1.29 is 4.74 Å². The number of nitrogens with two attached hydrogens (primary N) is 1. The van der Waals surface area contributed by atoms with Gasteiger partial charge in [-0.05, 0) is 43.2 Å². The number of anilines is 1. The van der Waals surface area contributed by atoms with Gasteiger partial charge in [0.15, 0.2) is 0 Å². The van der Waals surface area contributed by atoms with Crippen LogP contribution in [0, 0.1) is 0 Å². The summed E-state index contributed by atoms with van der Waals surface area (Å²) in [6.07, 6.45) is 3.46. The third kappa shape index (κ3) is 3.18. The maximum Gasteiger partial charge on any atom is 0.0791 e. The topological polar surface area (TPSA) is 35.2 Å². The Kier molecular flexibility index (Phi) is 4.22. The van der Waals surface area contributed by atoms with Gasteiger partial charge in [-0.15, -0.1) is 11.8 Å². The van der Waals surface area contributed by atoms with Crippen LogP contribution < -0.4 is 5.73 Å². The number of hydrogen-bond donors (Lipinski definition) is 1. The Morgan fingerprint density at radius 1 is 1.47 bits per heavy atom. The van der Waals surface area contributed by atoms with Crippen molar-refractivity contribution in [2.75, 3.05) is 23.8 Å². The van der Waals surface area contributed by atoms with Gasteiger partial charge in [0.2, 0.25) is 0 Å². The van der Waals surface area contributed by atoms with Crippen LogP contribution in [0.4, 0.5) is 5.69 Å². The number of halogens is 1. The van der Waals surface area contributed by atoms with Crippen molar-refractivity contribution in [3.8, 4) is 0 Å². The highest BCUT2D eigenvalue weighted by Crippen LogP contribution is 2.44. The zero-order chi connectivity index (χ0) is 13.3. The average molecular weight is 316 g/mol. The average Bonchev–Trinajstić information content (AvgIpc) is 2.81. The summed E-state index contributed by atoms with van der Waals surface area (Å²) in [6, 6.07) is 5.79. The summed E-state index contributed by atoms with van der Waals surface area (Å²) in [5.74, 6) is 2.39. The maximum atomic E-state index is 6.06. The van der Waals surface area contributed by atoms with Crippen molar-refractivity contribution in [2.24, 2.45) is 0 Å². The highest BCUT2D eigenvalue weighted by atomic mass is 35.5. The predicted octanol–water partition coefficient (Wildman–Crippen LogP) is 4.07. The lowest BCUT2D eigenvalue weighted by molar-refractivity contribution is -0.0562. The van der Waals surface area contributed by atoms with Crippen LogP contribution in [0.3, 0.4) is 0 Å². The van der Waals surface area contributed by atoms with E-state index in [0.717, 1.165) is 35.8 Å². The van der Waals surface area contributed by atoms with Gasteiger partial charge in [-0.3, -0.25) is 0 Å². The molecule has 5 heteroatoms. The summed E-state index contributed by atoms with van der Waals surface area (Å²) < 4.78 is 6.06. The van der Waals surface area contributed by atoms with Gasteiger partial charge in [0.25, 0.3) is 0 Å². The van der Waals surface area contributed by atoms with E-state index in [1.807, 2.05) is 41.7 Å². The Labute approximate surface area is 127 Å². The van der Waals surface area contributed by atoms with Crippen molar-refractivity contribution in [1.29, 1.82) is 0 Å². The van der Waals surface area contributed by atoms with Gasteiger partial charge in [-0.25, -0.2) is 0 Å². The van der Waals surface area contributed by atoms with Gasteiger partial charge >= 0.3 is 0 Å². The van der Waals surface area contributed by atoms with E-state index in [1.165, 1.54) is 12.2 Å². The molecule has 2 N–H and O–H groups in total. The third-order valence-electron chi connectivity index (χ3n) is 3.78. The summed E-state index contributed by atoms with van der Waals surface area (Å²) in [6.45, 7) is 0.881. The first-order valence-electron chi connectivity index (χ1n) is 6.60. The molecule has 2 aliphatic rings. The minimum absolute atomic E-state index is 0.141. The molecule has 1 aromatic carbocycles. The number of benzene rings is 1. The van der Waals surface area contributed by atoms with Crippen LogP contribution in [0.1, 0.15) is 19.3 Å². The van der Waals surface area contributed by atoms with E-state index in [-0.39, 0.29) is 5.60 Å². The molecular formula is C14H18ClNOS2. The summed E-state index contributed by atoms with van der Waals surface area (Å²) in [5, 5.41) is 1.31. The molecule has 1 aromatic rings. The Hall–Kier alpha value is -0.0300. The molecule has 1 spiro atoms. The smallest absolute Gasteiger partial charge is 0.0791 e. The lowest BCUT2D eigenvalue weighted by Gasteiger charge is -2.37. The van der Waals surface area contributed by atoms with Crippen LogP contribution in [0.15, 0.2) is 23.1 Å². The quantitative estimate of drug-likeness (QED) is 0.834. The van der Waals surface area contributed by atoms with E-state index in [1.54, 1.807) is 0 Å². The SMILES string of the molecule is Nc1cc(Cl)ccc1SC1CCOC2(CCSC2)C1. The normalized spacial score (nSPS) is 30.9. The molecule has 3 rings (SSSR count). The summed E-state index contributed by atoms with van der Waals surface area (Å²) >= 11 is 9.85. The fourth-order valence-electron chi connectivity index (χ4n) is 2.75. The largest absolute Gasteiger partial charge is 0.398 e. The van der Waals surface area contributed by atoms with Gasteiger partial charge in [0, 0.05) is 33.2 Å².